The lowest BCUT2D eigenvalue weighted by atomic mass is 9.96. The van der Waals surface area contributed by atoms with E-state index in [9.17, 15) is 5.11 Å². The molecule has 0 aliphatic rings. The van der Waals surface area contributed by atoms with Gasteiger partial charge in [-0.25, -0.2) is 0 Å². The summed E-state index contributed by atoms with van der Waals surface area (Å²) in [5.74, 6) is 7.75. The Kier molecular flexibility index (Phi) is 10.2. The van der Waals surface area contributed by atoms with Crippen LogP contribution in [0, 0.1) is 23.7 Å². The zero-order valence-corrected chi connectivity index (χ0v) is 14.7. The standard InChI is InChI=1S/C20H34O/c1-7-20(6,21)16-10-15-19(5)14-9-13-18(4)12-8-11-17(2)3/h7,14,17-18,21H,1,8-9,11-13,16H2,2-6H3/b19-14+. The zero-order chi connectivity index (χ0) is 16.3. The van der Waals surface area contributed by atoms with Crippen LogP contribution < -0.4 is 0 Å². The molecule has 0 radical (unpaired) electrons. The molecule has 0 spiro atoms. The lowest BCUT2D eigenvalue weighted by Gasteiger charge is -2.13. The van der Waals surface area contributed by atoms with Gasteiger partial charge in [0.05, 0.1) is 5.60 Å². The zero-order valence-electron chi connectivity index (χ0n) is 14.7. The van der Waals surface area contributed by atoms with Gasteiger partial charge in [-0.15, -0.1) is 6.58 Å². The first-order valence-electron chi connectivity index (χ1n) is 8.28. The van der Waals surface area contributed by atoms with E-state index in [1.165, 1.54) is 25.7 Å². The molecule has 0 rings (SSSR count). The first-order valence-corrected chi connectivity index (χ1v) is 8.28. The van der Waals surface area contributed by atoms with E-state index in [2.05, 4.69) is 45.3 Å². The summed E-state index contributed by atoms with van der Waals surface area (Å²) in [7, 11) is 0. The van der Waals surface area contributed by atoms with Gasteiger partial charge in [-0.2, -0.15) is 0 Å². The Morgan fingerprint density at radius 3 is 2.48 bits per heavy atom. The summed E-state index contributed by atoms with van der Waals surface area (Å²) in [6.07, 6.45) is 10.6. The van der Waals surface area contributed by atoms with Crippen molar-refractivity contribution in [3.05, 3.63) is 24.3 Å². The molecule has 0 fully saturated rings. The van der Waals surface area contributed by atoms with Crippen molar-refractivity contribution in [2.24, 2.45) is 11.8 Å². The number of aliphatic hydroxyl groups is 1. The maximum atomic E-state index is 9.77. The van der Waals surface area contributed by atoms with Crippen LogP contribution in [0.25, 0.3) is 0 Å². The highest BCUT2D eigenvalue weighted by Gasteiger charge is 2.12. The number of rotatable bonds is 9. The molecule has 1 N–H and O–H groups in total. The molecule has 0 heterocycles. The Bertz CT molecular complexity index is 376. The average molecular weight is 290 g/mol. The third-order valence-corrected chi connectivity index (χ3v) is 3.76. The van der Waals surface area contributed by atoms with Gasteiger partial charge in [0.25, 0.3) is 0 Å². The molecule has 1 heteroatoms. The van der Waals surface area contributed by atoms with Gasteiger partial charge in [0.15, 0.2) is 0 Å². The van der Waals surface area contributed by atoms with E-state index in [1.54, 1.807) is 13.0 Å². The van der Waals surface area contributed by atoms with E-state index >= 15 is 0 Å². The first kappa shape index (κ1) is 20.0. The molecule has 0 aromatic rings. The molecule has 0 aliphatic heterocycles. The molecule has 0 saturated carbocycles. The summed E-state index contributed by atoms with van der Waals surface area (Å²) in [6.45, 7) is 14.3. The van der Waals surface area contributed by atoms with E-state index in [0.717, 1.165) is 23.8 Å². The number of hydrogen-bond acceptors (Lipinski definition) is 1. The van der Waals surface area contributed by atoms with Crippen molar-refractivity contribution in [3.8, 4) is 11.8 Å². The molecule has 0 aliphatic carbocycles. The van der Waals surface area contributed by atoms with Crippen molar-refractivity contribution in [1.82, 2.24) is 0 Å². The van der Waals surface area contributed by atoms with Gasteiger partial charge in [0.1, 0.15) is 0 Å². The number of hydrogen-bond donors (Lipinski definition) is 1. The second-order valence-electron chi connectivity index (χ2n) is 6.93. The third kappa shape index (κ3) is 12.5. The normalized spacial score (nSPS) is 16.0. The van der Waals surface area contributed by atoms with Crippen LogP contribution in [0.1, 0.15) is 73.1 Å². The van der Waals surface area contributed by atoms with Crippen LogP contribution in [0.15, 0.2) is 24.3 Å². The van der Waals surface area contributed by atoms with Crippen LogP contribution in [0.3, 0.4) is 0 Å². The molecule has 1 nitrogen and oxygen atoms in total. The van der Waals surface area contributed by atoms with E-state index in [4.69, 9.17) is 0 Å². The van der Waals surface area contributed by atoms with Gasteiger partial charge >= 0.3 is 0 Å². The van der Waals surface area contributed by atoms with Gasteiger partial charge in [0.2, 0.25) is 0 Å². The highest BCUT2D eigenvalue weighted by Crippen LogP contribution is 2.17. The minimum atomic E-state index is -0.877. The summed E-state index contributed by atoms with van der Waals surface area (Å²) in [5, 5.41) is 9.77. The van der Waals surface area contributed by atoms with Crippen LogP contribution in [0.5, 0.6) is 0 Å². The minimum absolute atomic E-state index is 0.438. The first-order chi connectivity index (χ1) is 9.76. The van der Waals surface area contributed by atoms with Crippen LogP contribution in [-0.4, -0.2) is 10.7 Å². The van der Waals surface area contributed by atoms with Gasteiger partial charge in [-0.1, -0.05) is 64.0 Å². The van der Waals surface area contributed by atoms with Crippen LogP contribution in [0.2, 0.25) is 0 Å². The largest absolute Gasteiger partial charge is 0.385 e. The molecule has 2 atom stereocenters. The fraction of sp³-hybridized carbons (Fsp3) is 0.700. The smallest absolute Gasteiger partial charge is 0.0905 e. The average Bonchev–Trinajstić information content (AvgIpc) is 2.38. The third-order valence-electron chi connectivity index (χ3n) is 3.76. The molecular weight excluding hydrogens is 256 g/mol. The van der Waals surface area contributed by atoms with E-state index in [-0.39, 0.29) is 0 Å². The summed E-state index contributed by atoms with van der Waals surface area (Å²) < 4.78 is 0. The molecule has 21 heavy (non-hydrogen) atoms. The van der Waals surface area contributed by atoms with E-state index in [0.29, 0.717) is 6.42 Å². The predicted molar refractivity (Wildman–Crippen MR) is 94.1 cm³/mol. The molecule has 0 saturated heterocycles. The quantitative estimate of drug-likeness (QED) is 0.439. The van der Waals surface area contributed by atoms with Gasteiger partial charge < -0.3 is 5.11 Å². The van der Waals surface area contributed by atoms with Crippen molar-refractivity contribution in [1.29, 1.82) is 0 Å². The summed E-state index contributed by atoms with van der Waals surface area (Å²) in [4.78, 5) is 0. The Hall–Kier alpha value is -1.00. The monoisotopic (exact) mass is 290 g/mol. The van der Waals surface area contributed by atoms with Crippen molar-refractivity contribution in [2.45, 2.75) is 78.7 Å². The van der Waals surface area contributed by atoms with Crippen molar-refractivity contribution in [2.75, 3.05) is 0 Å². The van der Waals surface area contributed by atoms with Gasteiger partial charge in [-0.05, 0) is 44.1 Å². The SMILES string of the molecule is C=CC(C)(O)CC#C/C(C)=C/CCC(C)CCCC(C)C. The molecule has 0 aromatic carbocycles. The number of allylic oxidation sites excluding steroid dienone is 2. The molecule has 0 amide bonds. The summed E-state index contributed by atoms with van der Waals surface area (Å²) in [6, 6.07) is 0. The van der Waals surface area contributed by atoms with Gasteiger partial charge in [0, 0.05) is 6.42 Å². The van der Waals surface area contributed by atoms with Crippen molar-refractivity contribution < 1.29 is 5.11 Å². The maximum Gasteiger partial charge on any atom is 0.0905 e. The molecule has 120 valence electrons. The molecule has 0 aromatic heterocycles. The maximum absolute atomic E-state index is 9.77. The Morgan fingerprint density at radius 2 is 1.90 bits per heavy atom. The topological polar surface area (TPSA) is 20.2 Å². The van der Waals surface area contributed by atoms with Crippen molar-refractivity contribution in [3.63, 3.8) is 0 Å². The predicted octanol–water partition coefficient (Wildman–Crippen LogP) is 5.51. The highest BCUT2D eigenvalue weighted by atomic mass is 16.3. The van der Waals surface area contributed by atoms with E-state index < -0.39 is 5.60 Å². The molecular formula is C20H34O. The Balaban J connectivity index is 3.97. The van der Waals surface area contributed by atoms with Gasteiger partial charge in [-0.3, -0.25) is 0 Å². The summed E-state index contributed by atoms with van der Waals surface area (Å²) >= 11 is 0. The molecule has 2 unspecified atom stereocenters. The lowest BCUT2D eigenvalue weighted by molar-refractivity contribution is 0.118. The Labute approximate surface area is 132 Å². The lowest BCUT2D eigenvalue weighted by Crippen LogP contribution is -2.18. The fourth-order valence-corrected chi connectivity index (χ4v) is 2.09. The second-order valence-corrected chi connectivity index (χ2v) is 6.93. The molecule has 0 bridgehead atoms. The van der Waals surface area contributed by atoms with Crippen LogP contribution in [-0.2, 0) is 0 Å². The van der Waals surface area contributed by atoms with Crippen LogP contribution in [0.4, 0.5) is 0 Å². The fourth-order valence-electron chi connectivity index (χ4n) is 2.09. The highest BCUT2D eigenvalue weighted by molar-refractivity contribution is 5.27. The minimum Gasteiger partial charge on any atom is -0.385 e. The van der Waals surface area contributed by atoms with Crippen molar-refractivity contribution >= 4 is 0 Å². The second kappa shape index (κ2) is 10.7. The van der Waals surface area contributed by atoms with Crippen LogP contribution >= 0.6 is 0 Å². The summed E-state index contributed by atoms with van der Waals surface area (Å²) in [5.41, 5.74) is 0.224. The Morgan fingerprint density at radius 1 is 1.24 bits per heavy atom. The van der Waals surface area contributed by atoms with E-state index in [1.807, 2.05) is 6.92 Å².